The van der Waals surface area contributed by atoms with Gasteiger partial charge in [-0.2, -0.15) is 13.2 Å². The van der Waals surface area contributed by atoms with Crippen LogP contribution in [0.15, 0.2) is 12.3 Å². The fraction of sp³-hybridized carbons (Fsp3) is 0.545. The molecule has 1 atom stereocenters. The van der Waals surface area contributed by atoms with E-state index in [2.05, 4.69) is 4.98 Å². The van der Waals surface area contributed by atoms with Gasteiger partial charge in [0.05, 0.1) is 22.4 Å². The Morgan fingerprint density at radius 2 is 2.12 bits per heavy atom. The second kappa shape index (κ2) is 4.46. The summed E-state index contributed by atoms with van der Waals surface area (Å²) in [5, 5.41) is 9.63. The first-order chi connectivity index (χ1) is 7.88. The molecule has 1 N–H and O–H groups in total. The summed E-state index contributed by atoms with van der Waals surface area (Å²) in [5.41, 5.74) is -0.550. The van der Waals surface area contributed by atoms with Crippen LogP contribution in [0.25, 0.3) is 0 Å². The molecule has 17 heavy (non-hydrogen) atoms. The van der Waals surface area contributed by atoms with E-state index in [4.69, 9.17) is 11.6 Å². The van der Waals surface area contributed by atoms with Crippen LogP contribution < -0.4 is 0 Å². The van der Waals surface area contributed by atoms with Gasteiger partial charge in [-0.25, -0.2) is 0 Å². The second-order valence-corrected chi connectivity index (χ2v) is 4.67. The van der Waals surface area contributed by atoms with Crippen LogP contribution in [0.3, 0.4) is 0 Å². The third kappa shape index (κ3) is 3.10. The van der Waals surface area contributed by atoms with E-state index in [9.17, 15) is 18.3 Å². The number of aromatic nitrogens is 1. The Morgan fingerprint density at radius 3 is 2.59 bits per heavy atom. The maximum absolute atomic E-state index is 12.4. The molecule has 6 heteroatoms. The van der Waals surface area contributed by atoms with Gasteiger partial charge in [0, 0.05) is 12.6 Å². The van der Waals surface area contributed by atoms with Gasteiger partial charge in [0.15, 0.2) is 0 Å². The van der Waals surface area contributed by atoms with Crippen molar-refractivity contribution in [1.29, 1.82) is 0 Å². The van der Waals surface area contributed by atoms with Crippen LogP contribution in [-0.4, -0.2) is 16.2 Å². The first-order valence-electron chi connectivity index (χ1n) is 5.27. The minimum Gasteiger partial charge on any atom is -0.392 e. The van der Waals surface area contributed by atoms with Crippen molar-refractivity contribution in [1.82, 2.24) is 4.98 Å². The molecule has 1 unspecified atom stereocenters. The van der Waals surface area contributed by atoms with Crippen LogP contribution in [0.4, 0.5) is 13.2 Å². The molecule has 0 amide bonds. The van der Waals surface area contributed by atoms with Crippen molar-refractivity contribution in [3.63, 3.8) is 0 Å². The summed E-state index contributed by atoms with van der Waals surface area (Å²) in [6.45, 7) is 0. The van der Waals surface area contributed by atoms with Gasteiger partial charge in [0.2, 0.25) is 0 Å². The highest BCUT2D eigenvalue weighted by atomic mass is 35.5. The summed E-state index contributed by atoms with van der Waals surface area (Å²) in [7, 11) is 0. The largest absolute Gasteiger partial charge is 0.417 e. The molecule has 94 valence electrons. The quantitative estimate of drug-likeness (QED) is 0.911. The van der Waals surface area contributed by atoms with Gasteiger partial charge in [-0.05, 0) is 24.8 Å². The van der Waals surface area contributed by atoms with Gasteiger partial charge >= 0.3 is 6.18 Å². The maximum Gasteiger partial charge on any atom is 0.417 e. The lowest BCUT2D eigenvalue weighted by Gasteiger charge is -2.12. The number of hydrogen-bond donors (Lipinski definition) is 1. The molecule has 1 heterocycles. The van der Waals surface area contributed by atoms with Crippen molar-refractivity contribution in [2.24, 2.45) is 5.92 Å². The van der Waals surface area contributed by atoms with Crippen LogP contribution in [0.5, 0.6) is 0 Å². The van der Waals surface area contributed by atoms with Crippen molar-refractivity contribution in [3.8, 4) is 0 Å². The minimum atomic E-state index is -4.44. The number of halogens is 4. The molecule has 0 saturated heterocycles. The maximum atomic E-state index is 12.4. The monoisotopic (exact) mass is 265 g/mol. The average molecular weight is 266 g/mol. The lowest BCUT2D eigenvalue weighted by Crippen LogP contribution is -2.15. The van der Waals surface area contributed by atoms with Gasteiger partial charge in [-0.3, -0.25) is 4.98 Å². The Bertz CT molecular complexity index is 418. The van der Waals surface area contributed by atoms with Gasteiger partial charge in [-0.1, -0.05) is 11.6 Å². The zero-order valence-electron chi connectivity index (χ0n) is 8.84. The van der Waals surface area contributed by atoms with E-state index in [-0.39, 0.29) is 17.4 Å². The normalized spacial score (nSPS) is 18.2. The number of alkyl halides is 3. The average Bonchev–Trinajstić information content (AvgIpc) is 3.02. The van der Waals surface area contributed by atoms with Gasteiger partial charge in [0.25, 0.3) is 0 Å². The molecule has 1 aromatic rings. The lowest BCUT2D eigenvalue weighted by molar-refractivity contribution is -0.137. The van der Waals surface area contributed by atoms with Gasteiger partial charge in [0.1, 0.15) is 0 Å². The number of rotatable bonds is 3. The molecule has 0 bridgehead atoms. The van der Waals surface area contributed by atoms with Crippen molar-refractivity contribution >= 4 is 11.6 Å². The number of pyridine rings is 1. The molecule has 1 aliphatic rings. The van der Waals surface area contributed by atoms with Gasteiger partial charge < -0.3 is 5.11 Å². The number of aliphatic hydroxyl groups excluding tert-OH is 1. The van der Waals surface area contributed by atoms with E-state index in [1.165, 1.54) is 0 Å². The van der Waals surface area contributed by atoms with Crippen LogP contribution in [0, 0.1) is 5.92 Å². The molecule has 0 radical (unpaired) electrons. The number of aliphatic hydroxyl groups is 1. The summed E-state index contributed by atoms with van der Waals surface area (Å²) in [6.07, 6.45) is -2.12. The van der Waals surface area contributed by atoms with E-state index >= 15 is 0 Å². The first-order valence-corrected chi connectivity index (χ1v) is 5.65. The van der Waals surface area contributed by atoms with Crippen molar-refractivity contribution < 1.29 is 18.3 Å². The Morgan fingerprint density at radius 1 is 1.47 bits per heavy atom. The third-order valence-corrected chi connectivity index (χ3v) is 3.14. The van der Waals surface area contributed by atoms with E-state index in [1.54, 1.807) is 0 Å². The Kier molecular flexibility index (Phi) is 3.32. The van der Waals surface area contributed by atoms with Crippen molar-refractivity contribution in [3.05, 3.63) is 28.5 Å². The van der Waals surface area contributed by atoms with E-state index in [0.29, 0.717) is 5.69 Å². The van der Waals surface area contributed by atoms with E-state index < -0.39 is 17.8 Å². The lowest BCUT2D eigenvalue weighted by atomic mass is 10.1. The molecule has 1 aliphatic carbocycles. The summed E-state index contributed by atoms with van der Waals surface area (Å²) in [5.74, 6) is 0.246. The molecule has 0 aliphatic heterocycles. The summed E-state index contributed by atoms with van der Waals surface area (Å²) in [4.78, 5) is 3.68. The SMILES string of the molecule is OC(Cc1ncc(C(F)(F)F)cc1Cl)C1CC1. The van der Waals surface area contributed by atoms with Crippen LogP contribution in [0.2, 0.25) is 5.02 Å². The summed E-state index contributed by atoms with van der Waals surface area (Å²) < 4.78 is 37.1. The molecule has 1 aromatic heterocycles. The van der Waals surface area contributed by atoms with Crippen LogP contribution in [-0.2, 0) is 12.6 Å². The number of hydrogen-bond acceptors (Lipinski definition) is 2. The Balaban J connectivity index is 2.13. The predicted octanol–water partition coefficient (Wildman–Crippen LogP) is 3.07. The fourth-order valence-electron chi connectivity index (χ4n) is 1.62. The zero-order chi connectivity index (χ0) is 12.6. The fourth-order valence-corrected chi connectivity index (χ4v) is 1.86. The molecule has 1 fully saturated rings. The Hall–Kier alpha value is -0.810. The molecule has 2 rings (SSSR count). The van der Waals surface area contributed by atoms with Crippen LogP contribution in [0.1, 0.15) is 24.1 Å². The molecule has 1 saturated carbocycles. The standard InChI is InChI=1S/C11H11ClF3NO/c12-8-3-7(11(13,14)15)5-16-9(8)4-10(17)6-1-2-6/h3,5-6,10,17H,1-2,4H2. The number of nitrogens with zero attached hydrogens (tertiary/aromatic N) is 1. The molecule has 0 spiro atoms. The smallest absolute Gasteiger partial charge is 0.392 e. The highest BCUT2D eigenvalue weighted by Crippen LogP contribution is 2.35. The van der Waals surface area contributed by atoms with E-state index in [0.717, 1.165) is 25.1 Å². The van der Waals surface area contributed by atoms with Crippen molar-refractivity contribution in [2.45, 2.75) is 31.5 Å². The molecular formula is C11H11ClF3NO. The predicted molar refractivity (Wildman–Crippen MR) is 56.7 cm³/mol. The van der Waals surface area contributed by atoms with Gasteiger partial charge in [-0.15, -0.1) is 0 Å². The first kappa shape index (κ1) is 12.6. The highest BCUT2D eigenvalue weighted by Gasteiger charge is 2.33. The summed E-state index contributed by atoms with van der Waals surface area (Å²) in [6, 6.07) is 0.851. The molecule has 0 aromatic carbocycles. The molecular weight excluding hydrogens is 255 g/mol. The van der Waals surface area contributed by atoms with E-state index in [1.807, 2.05) is 0 Å². The van der Waals surface area contributed by atoms with Crippen LogP contribution >= 0.6 is 11.6 Å². The minimum absolute atomic E-state index is 0.0421. The zero-order valence-corrected chi connectivity index (χ0v) is 9.59. The third-order valence-electron chi connectivity index (χ3n) is 2.81. The molecule has 2 nitrogen and oxygen atoms in total. The highest BCUT2D eigenvalue weighted by molar-refractivity contribution is 6.31. The Labute approximate surface area is 101 Å². The van der Waals surface area contributed by atoms with Crippen molar-refractivity contribution in [2.75, 3.05) is 0 Å². The topological polar surface area (TPSA) is 33.1 Å². The second-order valence-electron chi connectivity index (χ2n) is 4.26. The summed E-state index contributed by atoms with van der Waals surface area (Å²) >= 11 is 5.73.